The molecule has 0 aromatic rings. The maximum absolute atomic E-state index is 11.8. The molecule has 0 saturated carbocycles. The lowest BCUT2D eigenvalue weighted by molar-refractivity contribution is -0.126. The normalized spacial score (nSPS) is 28.1. The van der Waals surface area contributed by atoms with Gasteiger partial charge in [-0.1, -0.05) is 27.7 Å². The molecule has 1 aliphatic rings. The fourth-order valence-electron chi connectivity index (χ4n) is 2.06. The van der Waals surface area contributed by atoms with Crippen LogP contribution in [0.4, 0.5) is 0 Å². The highest BCUT2D eigenvalue weighted by Gasteiger charge is 2.26. The summed E-state index contributed by atoms with van der Waals surface area (Å²) in [6.45, 7) is 10.7. The highest BCUT2D eigenvalue weighted by molar-refractivity contribution is 5.83. The molecule has 0 radical (unpaired) electrons. The minimum absolute atomic E-state index is 0.158. The van der Waals surface area contributed by atoms with Crippen molar-refractivity contribution in [3.63, 3.8) is 0 Å². The van der Waals surface area contributed by atoms with Crippen molar-refractivity contribution in [2.24, 2.45) is 11.3 Å². The second-order valence-corrected chi connectivity index (χ2v) is 6.06. The van der Waals surface area contributed by atoms with Gasteiger partial charge in [0.1, 0.15) is 5.78 Å². The van der Waals surface area contributed by atoms with E-state index in [0.29, 0.717) is 18.1 Å². The molecule has 1 saturated heterocycles. The van der Waals surface area contributed by atoms with Gasteiger partial charge < -0.3 is 10.0 Å². The largest absolute Gasteiger partial charge is 0.393 e. The number of rotatable bonds is 3. The Morgan fingerprint density at radius 2 is 2.06 bits per heavy atom. The van der Waals surface area contributed by atoms with E-state index in [1.807, 2.05) is 20.8 Å². The third-order valence-corrected chi connectivity index (χ3v) is 3.44. The lowest BCUT2D eigenvalue weighted by atomic mass is 9.88. The zero-order valence-electron chi connectivity index (χ0n) is 11.0. The molecule has 1 aliphatic heterocycles. The Bertz CT molecular complexity index is 245. The summed E-state index contributed by atoms with van der Waals surface area (Å²) in [7, 11) is 0. The van der Waals surface area contributed by atoms with Crippen LogP contribution in [0.2, 0.25) is 0 Å². The first-order valence-corrected chi connectivity index (χ1v) is 6.24. The summed E-state index contributed by atoms with van der Waals surface area (Å²) in [5.74, 6) is 0.657. The van der Waals surface area contributed by atoms with Gasteiger partial charge in [0.05, 0.1) is 6.10 Å². The predicted molar refractivity (Wildman–Crippen MR) is 65.3 cm³/mol. The number of carbonyl (C=O) groups excluding carboxylic acids is 1. The summed E-state index contributed by atoms with van der Waals surface area (Å²) in [6.07, 6.45) is 1.31. The number of ketones is 1. The molecule has 1 rings (SSSR count). The number of piperidine rings is 1. The van der Waals surface area contributed by atoms with E-state index >= 15 is 0 Å². The molecule has 3 heteroatoms. The molecule has 1 fully saturated rings. The summed E-state index contributed by atoms with van der Waals surface area (Å²) in [5.41, 5.74) is -0.221. The monoisotopic (exact) mass is 227 g/mol. The van der Waals surface area contributed by atoms with Crippen molar-refractivity contribution in [3.8, 4) is 0 Å². The van der Waals surface area contributed by atoms with Gasteiger partial charge in [-0.2, -0.15) is 0 Å². The predicted octanol–water partition coefficient (Wildman–Crippen LogP) is 1.69. The maximum Gasteiger partial charge on any atom is 0.139 e. The van der Waals surface area contributed by atoms with E-state index in [2.05, 4.69) is 11.8 Å². The molecule has 1 N–H and O–H groups in total. The zero-order chi connectivity index (χ0) is 12.3. The van der Waals surface area contributed by atoms with Gasteiger partial charge in [0.2, 0.25) is 0 Å². The van der Waals surface area contributed by atoms with Crippen LogP contribution in [0, 0.1) is 11.3 Å². The second kappa shape index (κ2) is 5.28. The van der Waals surface area contributed by atoms with E-state index in [9.17, 15) is 9.90 Å². The first-order valence-electron chi connectivity index (χ1n) is 6.24. The molecular weight excluding hydrogens is 202 g/mol. The number of Topliss-reactive ketones (excluding diaryl/α,β-unsaturated/α-hetero) is 1. The Morgan fingerprint density at radius 3 is 2.56 bits per heavy atom. The number of likely N-dealkylation sites (tertiary alicyclic amines) is 1. The van der Waals surface area contributed by atoms with Gasteiger partial charge >= 0.3 is 0 Å². The van der Waals surface area contributed by atoms with Crippen LogP contribution in [0.5, 0.6) is 0 Å². The van der Waals surface area contributed by atoms with Crippen molar-refractivity contribution in [3.05, 3.63) is 0 Å². The van der Waals surface area contributed by atoms with Gasteiger partial charge in [0, 0.05) is 31.5 Å². The molecule has 0 bridgehead atoms. The highest BCUT2D eigenvalue weighted by Crippen LogP contribution is 2.19. The molecule has 2 unspecified atom stereocenters. The molecule has 94 valence electrons. The van der Waals surface area contributed by atoms with Crippen LogP contribution in [0.15, 0.2) is 0 Å². The average molecular weight is 227 g/mol. The van der Waals surface area contributed by atoms with Crippen LogP contribution >= 0.6 is 0 Å². The fourth-order valence-corrected chi connectivity index (χ4v) is 2.06. The quantitative estimate of drug-likeness (QED) is 0.797. The van der Waals surface area contributed by atoms with Crippen LogP contribution in [0.1, 0.15) is 40.5 Å². The molecule has 16 heavy (non-hydrogen) atoms. The van der Waals surface area contributed by atoms with Crippen molar-refractivity contribution in [2.45, 2.75) is 46.6 Å². The van der Waals surface area contributed by atoms with Crippen molar-refractivity contribution >= 4 is 5.78 Å². The molecule has 0 aromatic carbocycles. The molecule has 0 amide bonds. The van der Waals surface area contributed by atoms with Gasteiger partial charge in [0.15, 0.2) is 0 Å². The standard InChI is InChI=1S/C13H25NO2/c1-10-9-14(7-5-11(10)15)8-6-12(16)13(2,3)4/h10-11,15H,5-9H2,1-4H3. The maximum atomic E-state index is 11.8. The topological polar surface area (TPSA) is 40.5 Å². The van der Waals surface area contributed by atoms with E-state index in [0.717, 1.165) is 26.1 Å². The summed E-state index contributed by atoms with van der Waals surface area (Å²) >= 11 is 0. The lowest BCUT2D eigenvalue weighted by Gasteiger charge is -2.34. The Hall–Kier alpha value is -0.410. The molecule has 1 heterocycles. The van der Waals surface area contributed by atoms with Crippen molar-refractivity contribution in [1.29, 1.82) is 0 Å². The van der Waals surface area contributed by atoms with Gasteiger partial charge in [0.25, 0.3) is 0 Å². The molecule has 0 aromatic heterocycles. The van der Waals surface area contributed by atoms with Crippen LogP contribution in [-0.4, -0.2) is 41.5 Å². The summed E-state index contributed by atoms with van der Waals surface area (Å²) in [6, 6.07) is 0. The third kappa shape index (κ3) is 3.87. The van der Waals surface area contributed by atoms with Gasteiger partial charge in [-0.25, -0.2) is 0 Å². The molecule has 3 nitrogen and oxygen atoms in total. The van der Waals surface area contributed by atoms with Gasteiger partial charge in [-0.05, 0) is 12.3 Å². The van der Waals surface area contributed by atoms with Crippen LogP contribution in [0.3, 0.4) is 0 Å². The summed E-state index contributed by atoms with van der Waals surface area (Å²) < 4.78 is 0. The number of carbonyl (C=O) groups is 1. The number of aliphatic hydroxyl groups excluding tert-OH is 1. The highest BCUT2D eigenvalue weighted by atomic mass is 16.3. The average Bonchev–Trinajstić information content (AvgIpc) is 2.18. The van der Waals surface area contributed by atoms with E-state index in [-0.39, 0.29) is 11.5 Å². The van der Waals surface area contributed by atoms with Crippen molar-refractivity contribution in [1.82, 2.24) is 4.90 Å². The van der Waals surface area contributed by atoms with Gasteiger partial charge in [-0.15, -0.1) is 0 Å². The molecule has 2 atom stereocenters. The fraction of sp³-hybridized carbons (Fsp3) is 0.923. The Balaban J connectivity index is 2.32. The SMILES string of the molecule is CC1CN(CCC(=O)C(C)(C)C)CCC1O. The smallest absolute Gasteiger partial charge is 0.139 e. The summed E-state index contributed by atoms with van der Waals surface area (Å²) in [4.78, 5) is 14.1. The van der Waals surface area contributed by atoms with Crippen molar-refractivity contribution in [2.75, 3.05) is 19.6 Å². The number of hydrogen-bond donors (Lipinski definition) is 1. The van der Waals surface area contributed by atoms with Crippen LogP contribution in [-0.2, 0) is 4.79 Å². The number of aliphatic hydroxyl groups is 1. The van der Waals surface area contributed by atoms with E-state index < -0.39 is 0 Å². The van der Waals surface area contributed by atoms with E-state index in [1.54, 1.807) is 0 Å². The minimum atomic E-state index is -0.221. The Morgan fingerprint density at radius 1 is 1.44 bits per heavy atom. The Kier molecular flexibility index (Phi) is 4.51. The second-order valence-electron chi connectivity index (χ2n) is 6.06. The molecular formula is C13H25NO2. The number of nitrogens with zero attached hydrogens (tertiary/aromatic N) is 1. The zero-order valence-corrected chi connectivity index (χ0v) is 11.0. The van der Waals surface area contributed by atoms with Crippen LogP contribution < -0.4 is 0 Å². The third-order valence-electron chi connectivity index (χ3n) is 3.44. The van der Waals surface area contributed by atoms with Gasteiger partial charge in [-0.3, -0.25) is 4.79 Å². The van der Waals surface area contributed by atoms with Crippen molar-refractivity contribution < 1.29 is 9.90 Å². The van der Waals surface area contributed by atoms with Crippen LogP contribution in [0.25, 0.3) is 0 Å². The Labute approximate surface area is 98.8 Å². The number of hydrogen-bond acceptors (Lipinski definition) is 3. The molecule has 0 spiro atoms. The van der Waals surface area contributed by atoms with E-state index in [4.69, 9.17) is 0 Å². The van der Waals surface area contributed by atoms with E-state index in [1.165, 1.54) is 0 Å². The summed E-state index contributed by atoms with van der Waals surface area (Å²) in [5, 5.41) is 9.61. The lowest BCUT2D eigenvalue weighted by Crippen LogP contribution is -2.43. The minimum Gasteiger partial charge on any atom is -0.393 e. The molecule has 0 aliphatic carbocycles. The first-order chi connectivity index (χ1) is 7.30. The first kappa shape index (κ1) is 13.7.